The van der Waals surface area contributed by atoms with Gasteiger partial charge >= 0.3 is 0 Å². The van der Waals surface area contributed by atoms with Crippen LogP contribution in [0.25, 0.3) is 82.1 Å². The lowest BCUT2D eigenvalue weighted by atomic mass is 9.97. The number of nitrogens with zero attached hydrogens (tertiary/aromatic N) is 2. The fourth-order valence-electron chi connectivity index (χ4n) is 8.73. The zero-order chi connectivity index (χ0) is 37.0. The fourth-order valence-corrected chi connectivity index (χ4v) is 8.73. The van der Waals surface area contributed by atoms with E-state index in [9.17, 15) is 0 Å². The van der Waals surface area contributed by atoms with Crippen LogP contribution in [0.5, 0.6) is 0 Å². The van der Waals surface area contributed by atoms with Crippen LogP contribution >= 0.6 is 0 Å². The minimum Gasteiger partial charge on any atom is -0.310 e. The predicted molar refractivity (Wildman–Crippen MR) is 239 cm³/mol. The molecule has 2 heteroatoms. The summed E-state index contributed by atoms with van der Waals surface area (Å²) in [5.41, 5.74) is 11.6. The maximum Gasteiger partial charge on any atom is 0.0619 e. The summed E-state index contributed by atoms with van der Waals surface area (Å²) < 4.78 is 2.45. The van der Waals surface area contributed by atoms with Gasteiger partial charge in [-0.2, -0.15) is 0 Å². The lowest BCUT2D eigenvalue weighted by Gasteiger charge is -2.28. The van der Waals surface area contributed by atoms with Crippen molar-refractivity contribution in [1.82, 2.24) is 4.57 Å². The highest BCUT2D eigenvalue weighted by Gasteiger charge is 2.20. The second-order valence-electron chi connectivity index (χ2n) is 14.5. The molecule has 11 rings (SSSR count). The van der Waals surface area contributed by atoms with Gasteiger partial charge in [0.2, 0.25) is 0 Å². The monoisotopic (exact) mass is 712 g/mol. The topological polar surface area (TPSA) is 8.17 Å². The second kappa shape index (κ2) is 13.2. The lowest BCUT2D eigenvalue weighted by Crippen LogP contribution is -2.12. The standard InChI is InChI=1S/C54H36N2/c1-2-16-41-35-42(28-27-37(41)13-1)48-21-7-9-25-52(48)55(43-32-29-40(30-33-43)47-24-11-17-38-14-3-5-20-46(38)47)44-18-12-19-45(36-44)56-53-26-10-8-23-50(53)51-34-31-39-15-4-6-22-49(39)54(51)56/h1-36H. The Labute approximate surface area is 325 Å². The van der Waals surface area contributed by atoms with Crippen molar-refractivity contribution >= 4 is 71.2 Å². The van der Waals surface area contributed by atoms with Gasteiger partial charge in [0.15, 0.2) is 0 Å². The van der Waals surface area contributed by atoms with Crippen LogP contribution < -0.4 is 4.90 Å². The molecule has 262 valence electrons. The number of rotatable bonds is 6. The van der Waals surface area contributed by atoms with Gasteiger partial charge in [-0.15, -0.1) is 0 Å². The molecule has 1 heterocycles. The average molecular weight is 713 g/mol. The van der Waals surface area contributed by atoms with Gasteiger partial charge in [-0.3, -0.25) is 0 Å². The summed E-state index contributed by atoms with van der Waals surface area (Å²) in [6.45, 7) is 0. The van der Waals surface area contributed by atoms with Crippen LogP contribution in [0.4, 0.5) is 17.1 Å². The van der Waals surface area contributed by atoms with Crippen LogP contribution in [-0.4, -0.2) is 4.57 Å². The van der Waals surface area contributed by atoms with E-state index in [2.05, 4.69) is 228 Å². The van der Waals surface area contributed by atoms with Crippen molar-refractivity contribution in [2.45, 2.75) is 0 Å². The van der Waals surface area contributed by atoms with E-state index in [1.165, 1.54) is 76.4 Å². The van der Waals surface area contributed by atoms with Crippen LogP contribution in [0, 0.1) is 0 Å². The van der Waals surface area contributed by atoms with Crippen LogP contribution in [-0.2, 0) is 0 Å². The van der Waals surface area contributed by atoms with Crippen LogP contribution in [0.15, 0.2) is 218 Å². The van der Waals surface area contributed by atoms with E-state index < -0.39 is 0 Å². The van der Waals surface area contributed by atoms with Gasteiger partial charge in [0.25, 0.3) is 0 Å². The number of anilines is 3. The first-order valence-electron chi connectivity index (χ1n) is 19.3. The summed E-state index contributed by atoms with van der Waals surface area (Å²) in [4.78, 5) is 2.42. The molecule has 0 aliphatic rings. The molecule has 56 heavy (non-hydrogen) atoms. The quantitative estimate of drug-likeness (QED) is 0.167. The van der Waals surface area contributed by atoms with Crippen molar-refractivity contribution in [1.29, 1.82) is 0 Å². The maximum absolute atomic E-state index is 2.45. The van der Waals surface area contributed by atoms with Crippen LogP contribution in [0.1, 0.15) is 0 Å². The van der Waals surface area contributed by atoms with E-state index in [0.29, 0.717) is 0 Å². The molecule has 11 aromatic rings. The molecule has 0 unspecified atom stereocenters. The molecule has 0 fully saturated rings. The largest absolute Gasteiger partial charge is 0.310 e. The zero-order valence-corrected chi connectivity index (χ0v) is 30.7. The third-order valence-electron chi connectivity index (χ3n) is 11.3. The van der Waals surface area contributed by atoms with Gasteiger partial charge < -0.3 is 9.47 Å². The number of fused-ring (bicyclic) bond motifs is 7. The van der Waals surface area contributed by atoms with Gasteiger partial charge in [-0.25, -0.2) is 0 Å². The zero-order valence-electron chi connectivity index (χ0n) is 30.7. The highest BCUT2D eigenvalue weighted by molar-refractivity contribution is 6.18. The average Bonchev–Trinajstić information content (AvgIpc) is 3.62. The third kappa shape index (κ3) is 5.26. The molecule has 0 aliphatic heterocycles. The van der Waals surface area contributed by atoms with Gasteiger partial charge in [0.1, 0.15) is 0 Å². The van der Waals surface area contributed by atoms with Crippen molar-refractivity contribution in [3.63, 3.8) is 0 Å². The maximum atomic E-state index is 2.45. The first kappa shape index (κ1) is 32.0. The molecular weight excluding hydrogens is 677 g/mol. The molecule has 0 saturated heterocycles. The Balaban J connectivity index is 1.13. The Morgan fingerprint density at radius 3 is 1.79 bits per heavy atom. The highest BCUT2D eigenvalue weighted by atomic mass is 15.1. The Bertz CT molecular complexity index is 3260. The third-order valence-corrected chi connectivity index (χ3v) is 11.3. The van der Waals surface area contributed by atoms with E-state index in [-0.39, 0.29) is 0 Å². The predicted octanol–water partition coefficient (Wildman–Crippen LogP) is 15.0. The molecule has 0 atom stereocenters. The molecule has 0 saturated carbocycles. The number of aromatic nitrogens is 1. The highest BCUT2D eigenvalue weighted by Crippen LogP contribution is 2.44. The SMILES string of the molecule is c1cc(N(c2ccc(-c3cccc4ccccc34)cc2)c2ccccc2-c2ccc3ccccc3c2)cc(-n2c3ccccc3c3ccc4ccccc4c32)c1. The Kier molecular flexibility index (Phi) is 7.53. The molecule has 1 aromatic heterocycles. The van der Waals surface area contributed by atoms with E-state index >= 15 is 0 Å². The molecule has 10 aromatic carbocycles. The summed E-state index contributed by atoms with van der Waals surface area (Å²) >= 11 is 0. The van der Waals surface area contributed by atoms with Crippen LogP contribution in [0.3, 0.4) is 0 Å². The van der Waals surface area contributed by atoms with Crippen molar-refractivity contribution in [2.75, 3.05) is 4.90 Å². The van der Waals surface area contributed by atoms with Crippen molar-refractivity contribution < 1.29 is 0 Å². The summed E-state index contributed by atoms with van der Waals surface area (Å²) in [5, 5.41) is 9.95. The minimum absolute atomic E-state index is 1.08. The van der Waals surface area contributed by atoms with E-state index in [4.69, 9.17) is 0 Å². The normalized spacial score (nSPS) is 11.6. The van der Waals surface area contributed by atoms with E-state index in [1.54, 1.807) is 0 Å². The summed E-state index contributed by atoms with van der Waals surface area (Å²) in [5.74, 6) is 0. The van der Waals surface area contributed by atoms with Gasteiger partial charge in [0.05, 0.1) is 16.7 Å². The van der Waals surface area contributed by atoms with Crippen molar-refractivity contribution in [3.05, 3.63) is 218 Å². The number of hydrogen-bond donors (Lipinski definition) is 0. The lowest BCUT2D eigenvalue weighted by molar-refractivity contribution is 1.17. The van der Waals surface area contributed by atoms with E-state index in [0.717, 1.165) is 22.7 Å². The Morgan fingerprint density at radius 1 is 0.321 bits per heavy atom. The Hall–Kier alpha value is -7.42. The molecule has 0 amide bonds. The summed E-state index contributed by atoms with van der Waals surface area (Å²) in [7, 11) is 0. The first-order chi connectivity index (χ1) is 27.8. The molecule has 0 aliphatic carbocycles. The smallest absolute Gasteiger partial charge is 0.0619 e. The van der Waals surface area contributed by atoms with Crippen LogP contribution in [0.2, 0.25) is 0 Å². The fraction of sp³-hybridized carbons (Fsp3) is 0. The minimum atomic E-state index is 1.08. The molecule has 2 nitrogen and oxygen atoms in total. The number of hydrogen-bond acceptors (Lipinski definition) is 1. The van der Waals surface area contributed by atoms with E-state index in [1.807, 2.05) is 0 Å². The first-order valence-corrected chi connectivity index (χ1v) is 19.3. The van der Waals surface area contributed by atoms with Crippen molar-refractivity contribution in [2.24, 2.45) is 0 Å². The molecule has 0 spiro atoms. The van der Waals surface area contributed by atoms with Gasteiger partial charge in [-0.1, -0.05) is 170 Å². The second-order valence-corrected chi connectivity index (χ2v) is 14.5. The summed E-state index contributed by atoms with van der Waals surface area (Å²) in [6, 6.07) is 79.6. The van der Waals surface area contributed by atoms with Gasteiger partial charge in [-0.05, 0) is 92.2 Å². The van der Waals surface area contributed by atoms with Crippen molar-refractivity contribution in [3.8, 4) is 27.9 Å². The summed E-state index contributed by atoms with van der Waals surface area (Å²) in [6.07, 6.45) is 0. The number of para-hydroxylation sites is 2. The Morgan fingerprint density at radius 2 is 0.929 bits per heavy atom. The van der Waals surface area contributed by atoms with Gasteiger partial charge in [0, 0.05) is 38.8 Å². The number of benzene rings is 10. The molecule has 0 bridgehead atoms. The molecule has 0 radical (unpaired) electrons. The molecule has 0 N–H and O–H groups in total. The molecular formula is C54H36N2.